The van der Waals surface area contributed by atoms with Crippen LogP contribution in [0.15, 0.2) is 30.5 Å². The summed E-state index contributed by atoms with van der Waals surface area (Å²) in [5, 5.41) is 1.03. The van der Waals surface area contributed by atoms with E-state index in [1.165, 1.54) is 5.56 Å². The van der Waals surface area contributed by atoms with Crippen molar-refractivity contribution in [2.24, 2.45) is 0 Å². The minimum Gasteiger partial charge on any atom is -0.331 e. The summed E-state index contributed by atoms with van der Waals surface area (Å²) >= 11 is 17.6. The van der Waals surface area contributed by atoms with Crippen molar-refractivity contribution in [3.63, 3.8) is 0 Å². The van der Waals surface area contributed by atoms with Gasteiger partial charge in [0.25, 0.3) is 0 Å². The number of halogens is 2. The highest BCUT2D eigenvalue weighted by molar-refractivity contribution is 7.71. The Hall–Kier alpha value is -1.36. The van der Waals surface area contributed by atoms with Gasteiger partial charge < -0.3 is 9.55 Å². The summed E-state index contributed by atoms with van der Waals surface area (Å²) in [5.74, 6) is 0. The molecule has 0 fully saturated rings. The van der Waals surface area contributed by atoms with Crippen LogP contribution in [0.25, 0.3) is 11.0 Å². The van der Waals surface area contributed by atoms with Crippen molar-refractivity contribution in [2.45, 2.75) is 19.9 Å². The summed E-state index contributed by atoms with van der Waals surface area (Å²) in [6.07, 6.45) is 2.74. The fourth-order valence-electron chi connectivity index (χ4n) is 2.39. The van der Waals surface area contributed by atoms with Crippen LogP contribution in [0, 0.1) is 4.77 Å². The highest BCUT2D eigenvalue weighted by Crippen LogP contribution is 2.28. The Balaban J connectivity index is 2.14. The number of H-pyrrole nitrogens is 1. The van der Waals surface area contributed by atoms with Gasteiger partial charge >= 0.3 is 0 Å². The number of imidazole rings is 1. The van der Waals surface area contributed by atoms with Gasteiger partial charge in [-0.25, -0.2) is 0 Å². The van der Waals surface area contributed by atoms with Crippen LogP contribution in [0.1, 0.15) is 18.2 Å². The summed E-state index contributed by atoms with van der Waals surface area (Å²) in [5.41, 5.74) is 4.04. The number of pyridine rings is 1. The average molecular weight is 338 g/mol. The highest BCUT2D eigenvalue weighted by Gasteiger charge is 2.10. The number of aryl methyl sites for hydroxylation is 1. The molecule has 0 spiro atoms. The number of rotatable bonds is 3. The molecule has 1 aromatic carbocycles. The average Bonchev–Trinajstić information content (AvgIpc) is 2.76. The summed E-state index contributed by atoms with van der Waals surface area (Å²) in [6, 6.07) is 7.67. The summed E-state index contributed by atoms with van der Waals surface area (Å²) in [7, 11) is 0. The van der Waals surface area contributed by atoms with Crippen LogP contribution in [0.3, 0.4) is 0 Å². The van der Waals surface area contributed by atoms with Crippen LogP contribution in [0.2, 0.25) is 10.0 Å². The molecule has 0 amide bonds. The standard InChI is InChI=1S/C15H13Cl2N3S/c1-2-9-4-3-5-18-13(9)8-20-14-7-11(17)10(16)6-12(14)19-15(20)21/h3-7H,2,8H2,1H3,(H,19,21). The number of aromatic amines is 1. The molecule has 2 aromatic heterocycles. The molecule has 0 radical (unpaired) electrons. The van der Waals surface area contributed by atoms with Crippen molar-refractivity contribution >= 4 is 46.5 Å². The van der Waals surface area contributed by atoms with E-state index in [0.29, 0.717) is 21.4 Å². The van der Waals surface area contributed by atoms with Crippen LogP contribution < -0.4 is 0 Å². The first kappa shape index (κ1) is 14.6. The van der Waals surface area contributed by atoms with E-state index in [0.717, 1.165) is 23.1 Å². The third-order valence-corrected chi connectivity index (χ3v) is 4.53. The monoisotopic (exact) mass is 337 g/mol. The molecule has 3 nitrogen and oxygen atoms in total. The fraction of sp³-hybridized carbons (Fsp3) is 0.200. The molecular formula is C15H13Cl2N3S. The second-order valence-corrected chi connectivity index (χ2v) is 5.96. The zero-order chi connectivity index (χ0) is 15.0. The van der Waals surface area contributed by atoms with Crippen molar-refractivity contribution in [1.29, 1.82) is 0 Å². The summed E-state index contributed by atoms with van der Waals surface area (Å²) < 4.78 is 2.63. The van der Waals surface area contributed by atoms with E-state index in [1.54, 1.807) is 12.3 Å². The molecule has 0 saturated carbocycles. The first-order valence-corrected chi connectivity index (χ1v) is 7.77. The lowest BCUT2D eigenvalue weighted by atomic mass is 10.1. The van der Waals surface area contributed by atoms with E-state index in [-0.39, 0.29) is 0 Å². The third kappa shape index (κ3) is 2.71. The van der Waals surface area contributed by atoms with Crippen LogP contribution >= 0.6 is 35.4 Å². The van der Waals surface area contributed by atoms with Crippen molar-refractivity contribution in [1.82, 2.24) is 14.5 Å². The molecule has 0 aliphatic heterocycles. The normalized spacial score (nSPS) is 11.2. The highest BCUT2D eigenvalue weighted by atomic mass is 35.5. The maximum Gasteiger partial charge on any atom is 0.178 e. The Morgan fingerprint density at radius 3 is 2.81 bits per heavy atom. The van der Waals surface area contributed by atoms with Gasteiger partial charge in [-0.1, -0.05) is 36.2 Å². The molecule has 0 aliphatic rings. The maximum absolute atomic E-state index is 6.12. The van der Waals surface area contributed by atoms with E-state index in [1.807, 2.05) is 16.7 Å². The zero-order valence-corrected chi connectivity index (χ0v) is 13.7. The number of aromatic nitrogens is 3. The molecule has 21 heavy (non-hydrogen) atoms. The van der Waals surface area contributed by atoms with Gasteiger partial charge in [-0.15, -0.1) is 0 Å². The molecule has 0 bridgehead atoms. The Labute approximate surface area is 137 Å². The lowest BCUT2D eigenvalue weighted by molar-refractivity contribution is 0.771. The molecule has 3 aromatic rings. The van der Waals surface area contributed by atoms with E-state index >= 15 is 0 Å². The van der Waals surface area contributed by atoms with Crippen molar-refractivity contribution in [3.05, 3.63) is 56.5 Å². The maximum atomic E-state index is 6.12. The topological polar surface area (TPSA) is 33.6 Å². The molecule has 108 valence electrons. The smallest absolute Gasteiger partial charge is 0.178 e. The van der Waals surface area contributed by atoms with Crippen LogP contribution in [0.5, 0.6) is 0 Å². The van der Waals surface area contributed by atoms with Crippen molar-refractivity contribution in [2.75, 3.05) is 0 Å². The largest absolute Gasteiger partial charge is 0.331 e. The third-order valence-electron chi connectivity index (χ3n) is 3.49. The molecule has 0 saturated heterocycles. The first-order chi connectivity index (χ1) is 10.1. The Kier molecular flexibility index (Phi) is 4.02. The van der Waals surface area contributed by atoms with E-state index in [2.05, 4.69) is 23.0 Å². The second kappa shape index (κ2) is 5.79. The van der Waals surface area contributed by atoms with Crippen molar-refractivity contribution in [3.8, 4) is 0 Å². The minimum absolute atomic E-state index is 0.514. The minimum atomic E-state index is 0.514. The quantitative estimate of drug-likeness (QED) is 0.681. The van der Waals surface area contributed by atoms with Crippen molar-refractivity contribution < 1.29 is 0 Å². The molecule has 3 rings (SSSR count). The number of hydrogen-bond acceptors (Lipinski definition) is 2. The SMILES string of the molecule is CCc1cccnc1Cn1c(=S)[nH]c2cc(Cl)c(Cl)cc21. The number of benzene rings is 1. The van der Waals surface area contributed by atoms with Gasteiger partial charge in [0, 0.05) is 6.20 Å². The van der Waals surface area contributed by atoms with Crippen LogP contribution in [-0.4, -0.2) is 14.5 Å². The fourth-order valence-corrected chi connectivity index (χ4v) is 2.99. The number of hydrogen-bond donors (Lipinski definition) is 1. The van der Waals surface area contributed by atoms with Gasteiger partial charge in [-0.05, 0) is 42.4 Å². The molecule has 0 unspecified atom stereocenters. The van der Waals surface area contributed by atoms with E-state index in [4.69, 9.17) is 35.4 Å². The number of nitrogens with zero attached hydrogens (tertiary/aromatic N) is 2. The van der Waals surface area contributed by atoms with E-state index in [9.17, 15) is 0 Å². The van der Waals surface area contributed by atoms with Gasteiger partial charge in [0.1, 0.15) is 0 Å². The van der Waals surface area contributed by atoms with Gasteiger partial charge in [0.15, 0.2) is 4.77 Å². The summed E-state index contributed by atoms with van der Waals surface area (Å²) in [4.78, 5) is 7.63. The lowest BCUT2D eigenvalue weighted by Crippen LogP contribution is -2.05. The molecular weight excluding hydrogens is 325 g/mol. The van der Waals surface area contributed by atoms with Gasteiger partial charge in [-0.2, -0.15) is 0 Å². The zero-order valence-electron chi connectivity index (χ0n) is 11.4. The van der Waals surface area contributed by atoms with Gasteiger partial charge in [0.2, 0.25) is 0 Å². The Bertz CT molecular complexity index is 867. The predicted molar refractivity (Wildman–Crippen MR) is 89.9 cm³/mol. The number of nitrogens with one attached hydrogen (secondary N) is 1. The van der Waals surface area contributed by atoms with Crippen LogP contribution in [0.4, 0.5) is 0 Å². The molecule has 2 heterocycles. The molecule has 0 aliphatic carbocycles. The Morgan fingerprint density at radius 2 is 2.05 bits per heavy atom. The molecule has 6 heteroatoms. The number of fused-ring (bicyclic) bond motifs is 1. The molecule has 0 atom stereocenters. The second-order valence-electron chi connectivity index (χ2n) is 4.76. The summed E-state index contributed by atoms with van der Waals surface area (Å²) in [6.45, 7) is 2.73. The Morgan fingerprint density at radius 1 is 1.29 bits per heavy atom. The van der Waals surface area contributed by atoms with Gasteiger partial charge in [-0.3, -0.25) is 4.98 Å². The van der Waals surface area contributed by atoms with Crippen LogP contribution in [-0.2, 0) is 13.0 Å². The molecule has 1 N–H and O–H groups in total. The van der Waals surface area contributed by atoms with Gasteiger partial charge in [0.05, 0.1) is 33.3 Å². The first-order valence-electron chi connectivity index (χ1n) is 6.60. The predicted octanol–water partition coefficient (Wildman–Crippen LogP) is 5.01. The lowest BCUT2D eigenvalue weighted by Gasteiger charge is -2.08. The van der Waals surface area contributed by atoms with E-state index < -0.39 is 0 Å².